The minimum atomic E-state index is -0.492. The average Bonchev–Trinajstić information content (AvgIpc) is 2.49. The number of ether oxygens (including phenoxy) is 1. The molecular weight excluding hydrogens is 287 g/mol. The van der Waals surface area contributed by atoms with Crippen LogP contribution in [0.3, 0.4) is 0 Å². The topological polar surface area (TPSA) is 60.3 Å². The molecule has 1 heterocycles. The summed E-state index contributed by atoms with van der Waals surface area (Å²) in [6.07, 6.45) is 0. The highest BCUT2D eigenvalue weighted by Crippen LogP contribution is 2.21. The Hall–Kier alpha value is -2.63. The third-order valence-corrected chi connectivity index (χ3v) is 3.44. The molecule has 0 aliphatic heterocycles. The average molecular weight is 304 g/mol. The summed E-state index contributed by atoms with van der Waals surface area (Å²) in [6, 6.07) is 8.53. The number of aromatic nitrogens is 1. The number of halogens is 1. The molecule has 1 atom stereocenters. The molecule has 1 N–H and O–H groups in total. The maximum absolute atomic E-state index is 13.7. The Morgan fingerprint density at radius 2 is 2.05 bits per heavy atom. The fourth-order valence-corrected chi connectivity index (χ4v) is 2.10. The third-order valence-electron chi connectivity index (χ3n) is 3.44. The molecule has 1 amide bonds. The summed E-state index contributed by atoms with van der Waals surface area (Å²) in [4.78, 5) is 23.8. The fourth-order valence-electron chi connectivity index (χ4n) is 2.10. The van der Waals surface area contributed by atoms with Crippen LogP contribution in [0.15, 0.2) is 41.2 Å². The molecule has 2 aromatic rings. The number of methoxy groups -OCH3 is 1. The summed E-state index contributed by atoms with van der Waals surface area (Å²) in [5.41, 5.74) is 0.580. The van der Waals surface area contributed by atoms with Crippen LogP contribution < -0.4 is 15.6 Å². The molecule has 1 aromatic carbocycles. The Morgan fingerprint density at radius 1 is 1.32 bits per heavy atom. The van der Waals surface area contributed by atoms with Crippen molar-refractivity contribution in [2.45, 2.75) is 13.0 Å². The molecule has 0 fully saturated rings. The van der Waals surface area contributed by atoms with Crippen LogP contribution >= 0.6 is 0 Å². The standard InChI is InChI=1S/C16H17FN2O3/c1-10(11-7-8-14(22-3)12(17)9-11)18-16(21)13-5-4-6-15(20)19(13)2/h4-10H,1-3H3,(H,18,21)/t10-/m0/s1. The zero-order valence-corrected chi connectivity index (χ0v) is 12.6. The second-order valence-corrected chi connectivity index (χ2v) is 4.90. The van der Waals surface area contributed by atoms with Crippen molar-refractivity contribution in [2.24, 2.45) is 7.05 Å². The van der Waals surface area contributed by atoms with E-state index in [4.69, 9.17) is 4.74 Å². The summed E-state index contributed by atoms with van der Waals surface area (Å²) in [6.45, 7) is 1.74. The first kappa shape index (κ1) is 15.8. The summed E-state index contributed by atoms with van der Waals surface area (Å²) < 4.78 is 19.8. The second-order valence-electron chi connectivity index (χ2n) is 4.90. The van der Waals surface area contributed by atoms with Gasteiger partial charge in [0.05, 0.1) is 13.2 Å². The van der Waals surface area contributed by atoms with Crippen LogP contribution in [0.25, 0.3) is 0 Å². The summed E-state index contributed by atoms with van der Waals surface area (Å²) in [7, 11) is 2.91. The van der Waals surface area contributed by atoms with E-state index >= 15 is 0 Å². The first-order valence-electron chi connectivity index (χ1n) is 6.74. The van der Waals surface area contributed by atoms with Crippen LogP contribution in [0.1, 0.15) is 29.0 Å². The van der Waals surface area contributed by atoms with Gasteiger partial charge in [0.25, 0.3) is 11.5 Å². The van der Waals surface area contributed by atoms with Gasteiger partial charge in [-0.15, -0.1) is 0 Å². The first-order valence-corrected chi connectivity index (χ1v) is 6.74. The van der Waals surface area contributed by atoms with E-state index in [1.165, 1.54) is 43.0 Å². The number of nitrogens with zero attached hydrogens (tertiary/aromatic N) is 1. The van der Waals surface area contributed by atoms with Crippen LogP contribution in [-0.4, -0.2) is 17.6 Å². The lowest BCUT2D eigenvalue weighted by molar-refractivity contribution is 0.0930. The summed E-state index contributed by atoms with van der Waals surface area (Å²) >= 11 is 0. The summed E-state index contributed by atoms with van der Waals surface area (Å²) in [5, 5.41) is 2.74. The number of nitrogens with one attached hydrogen (secondary N) is 1. The van der Waals surface area contributed by atoms with Gasteiger partial charge in [0.2, 0.25) is 0 Å². The Kier molecular flexibility index (Phi) is 4.60. The molecule has 0 saturated heterocycles. The van der Waals surface area contributed by atoms with Crippen molar-refractivity contribution in [1.29, 1.82) is 0 Å². The first-order chi connectivity index (χ1) is 10.4. The van der Waals surface area contributed by atoms with Crippen molar-refractivity contribution >= 4 is 5.91 Å². The molecule has 6 heteroatoms. The largest absolute Gasteiger partial charge is 0.494 e. The van der Waals surface area contributed by atoms with Gasteiger partial charge in [-0.2, -0.15) is 0 Å². The molecule has 0 radical (unpaired) electrons. The van der Waals surface area contributed by atoms with Gasteiger partial charge in [-0.3, -0.25) is 9.59 Å². The molecule has 1 aromatic heterocycles. The maximum atomic E-state index is 13.7. The molecule has 0 unspecified atom stereocenters. The number of benzene rings is 1. The quantitative estimate of drug-likeness (QED) is 0.940. The Bertz CT molecular complexity index is 755. The molecular formula is C16H17FN2O3. The van der Waals surface area contributed by atoms with E-state index in [9.17, 15) is 14.0 Å². The van der Waals surface area contributed by atoms with Crippen LogP contribution in [-0.2, 0) is 7.05 Å². The highest BCUT2D eigenvalue weighted by molar-refractivity contribution is 5.92. The number of carbonyl (C=O) groups is 1. The third kappa shape index (κ3) is 3.16. The maximum Gasteiger partial charge on any atom is 0.268 e. The van der Waals surface area contributed by atoms with E-state index in [1.807, 2.05) is 0 Å². The van der Waals surface area contributed by atoms with E-state index in [0.29, 0.717) is 5.56 Å². The molecule has 0 bridgehead atoms. The lowest BCUT2D eigenvalue weighted by atomic mass is 10.1. The van der Waals surface area contributed by atoms with Crippen molar-refractivity contribution in [3.05, 3.63) is 63.8 Å². The van der Waals surface area contributed by atoms with Crippen molar-refractivity contribution < 1.29 is 13.9 Å². The second kappa shape index (κ2) is 6.43. The Labute approximate surface area is 127 Å². The van der Waals surface area contributed by atoms with Crippen molar-refractivity contribution in [3.63, 3.8) is 0 Å². The molecule has 0 spiro atoms. The Morgan fingerprint density at radius 3 is 2.68 bits per heavy atom. The Balaban J connectivity index is 2.19. The predicted octanol–water partition coefficient (Wildman–Crippen LogP) is 2.02. The fraction of sp³-hybridized carbons (Fsp3) is 0.250. The van der Waals surface area contributed by atoms with Gasteiger partial charge in [-0.1, -0.05) is 12.1 Å². The molecule has 0 saturated carbocycles. The predicted molar refractivity (Wildman–Crippen MR) is 80.5 cm³/mol. The molecule has 0 aliphatic carbocycles. The normalized spacial score (nSPS) is 11.8. The van der Waals surface area contributed by atoms with Gasteiger partial charge >= 0.3 is 0 Å². The lowest BCUT2D eigenvalue weighted by Gasteiger charge is -2.16. The van der Waals surface area contributed by atoms with E-state index in [2.05, 4.69) is 5.32 Å². The van der Waals surface area contributed by atoms with E-state index in [1.54, 1.807) is 19.1 Å². The minimum absolute atomic E-state index is 0.146. The van der Waals surface area contributed by atoms with Crippen molar-refractivity contribution in [3.8, 4) is 5.75 Å². The smallest absolute Gasteiger partial charge is 0.268 e. The highest BCUT2D eigenvalue weighted by Gasteiger charge is 2.15. The number of carbonyl (C=O) groups excluding carboxylic acids is 1. The summed E-state index contributed by atoms with van der Waals surface area (Å²) in [5.74, 6) is -0.745. The van der Waals surface area contributed by atoms with Gasteiger partial charge in [0, 0.05) is 13.1 Å². The SMILES string of the molecule is COc1ccc([C@H](C)NC(=O)c2cccc(=O)n2C)cc1F. The van der Waals surface area contributed by atoms with Gasteiger partial charge < -0.3 is 14.6 Å². The number of rotatable bonds is 4. The van der Waals surface area contributed by atoms with Crippen LogP contribution in [0.5, 0.6) is 5.75 Å². The van der Waals surface area contributed by atoms with Gasteiger partial charge in [0.15, 0.2) is 11.6 Å². The molecule has 22 heavy (non-hydrogen) atoms. The zero-order valence-electron chi connectivity index (χ0n) is 12.6. The number of hydrogen-bond donors (Lipinski definition) is 1. The highest BCUT2D eigenvalue weighted by atomic mass is 19.1. The van der Waals surface area contributed by atoms with Crippen molar-refractivity contribution in [1.82, 2.24) is 9.88 Å². The molecule has 2 rings (SSSR count). The van der Waals surface area contributed by atoms with E-state index < -0.39 is 17.8 Å². The van der Waals surface area contributed by atoms with Crippen LogP contribution in [0.4, 0.5) is 4.39 Å². The number of amides is 1. The molecule has 0 aliphatic rings. The zero-order chi connectivity index (χ0) is 16.3. The van der Waals surface area contributed by atoms with Gasteiger partial charge in [-0.25, -0.2) is 4.39 Å². The van der Waals surface area contributed by atoms with Crippen LogP contribution in [0, 0.1) is 5.82 Å². The lowest BCUT2D eigenvalue weighted by Crippen LogP contribution is -2.32. The molecule has 5 nitrogen and oxygen atoms in total. The van der Waals surface area contributed by atoms with Gasteiger partial charge in [0.1, 0.15) is 5.69 Å². The van der Waals surface area contributed by atoms with E-state index in [0.717, 1.165) is 0 Å². The van der Waals surface area contributed by atoms with Crippen LogP contribution in [0.2, 0.25) is 0 Å². The van der Waals surface area contributed by atoms with Crippen molar-refractivity contribution in [2.75, 3.05) is 7.11 Å². The monoisotopic (exact) mass is 304 g/mol. The number of pyridine rings is 1. The minimum Gasteiger partial charge on any atom is -0.494 e. The number of hydrogen-bond acceptors (Lipinski definition) is 3. The van der Waals surface area contributed by atoms with Gasteiger partial charge in [-0.05, 0) is 30.7 Å². The molecule has 116 valence electrons. The van der Waals surface area contributed by atoms with E-state index in [-0.39, 0.29) is 17.0 Å².